The van der Waals surface area contributed by atoms with Gasteiger partial charge in [0.25, 0.3) is 5.56 Å². The molecule has 2 aromatic heterocycles. The third-order valence-electron chi connectivity index (χ3n) is 5.78. The summed E-state index contributed by atoms with van der Waals surface area (Å²) in [5, 5.41) is 8.87. The number of methoxy groups -OCH3 is 1. The summed E-state index contributed by atoms with van der Waals surface area (Å²) in [6.45, 7) is 8.04. The quantitative estimate of drug-likeness (QED) is 0.608. The summed E-state index contributed by atoms with van der Waals surface area (Å²) < 4.78 is 8.39. The lowest BCUT2D eigenvalue weighted by Crippen LogP contribution is -2.51. The Morgan fingerprint density at radius 2 is 1.75 bits per heavy atom. The number of piperazine rings is 1. The van der Waals surface area contributed by atoms with Crippen molar-refractivity contribution in [1.29, 1.82) is 0 Å². The summed E-state index contributed by atoms with van der Waals surface area (Å²) in [5.41, 5.74) is 2.47. The fourth-order valence-corrected chi connectivity index (χ4v) is 4.09. The summed E-state index contributed by atoms with van der Waals surface area (Å²) in [5.74, 6) is 1.21. The zero-order valence-corrected chi connectivity index (χ0v) is 18.9. The topological polar surface area (TPSA) is 85.5 Å². The van der Waals surface area contributed by atoms with Crippen molar-refractivity contribution < 1.29 is 9.53 Å². The number of aryl methyl sites for hydroxylation is 2. The van der Waals surface area contributed by atoms with Gasteiger partial charge in [0, 0.05) is 37.9 Å². The maximum atomic E-state index is 13.2. The number of ether oxygens (including phenoxy) is 1. The van der Waals surface area contributed by atoms with E-state index in [2.05, 4.69) is 15.1 Å². The van der Waals surface area contributed by atoms with Gasteiger partial charge >= 0.3 is 0 Å². The summed E-state index contributed by atoms with van der Waals surface area (Å²) in [4.78, 5) is 29.7. The molecule has 0 radical (unpaired) electrons. The number of para-hydroxylation sites is 2. The molecule has 1 amide bonds. The number of aromatic nitrogens is 4. The first-order valence-electron chi connectivity index (χ1n) is 10.7. The molecule has 3 heterocycles. The second-order valence-electron chi connectivity index (χ2n) is 7.97. The van der Waals surface area contributed by atoms with Gasteiger partial charge in [0.2, 0.25) is 5.91 Å². The van der Waals surface area contributed by atoms with Gasteiger partial charge in [0.05, 0.1) is 18.5 Å². The first-order chi connectivity index (χ1) is 15.4. The normalized spacial score (nSPS) is 15.0. The molecule has 4 rings (SSSR count). The van der Waals surface area contributed by atoms with Gasteiger partial charge < -0.3 is 14.5 Å². The molecule has 1 aromatic carbocycles. The monoisotopic (exact) mass is 436 g/mol. The van der Waals surface area contributed by atoms with Crippen molar-refractivity contribution in [2.45, 2.75) is 26.8 Å². The SMILES string of the molecule is COc1ccccc1N1CCN(C(=O)C(C)n2nc(-n3nc(C)cc3C)ccc2=O)CC1. The van der Waals surface area contributed by atoms with Crippen LogP contribution in [0.15, 0.2) is 47.3 Å². The van der Waals surface area contributed by atoms with Gasteiger partial charge in [-0.05, 0) is 45.0 Å². The zero-order valence-electron chi connectivity index (χ0n) is 18.9. The minimum absolute atomic E-state index is 0.121. The Bertz CT molecular complexity index is 1180. The standard InChI is InChI=1S/C23H28N6O3/c1-16-15-17(2)28(24-16)21-9-10-22(30)29(25-21)18(3)23(31)27-13-11-26(12-14-27)19-7-5-6-8-20(19)32-4/h5-10,15,18H,11-14H2,1-4H3. The Hall–Kier alpha value is -3.62. The van der Waals surface area contributed by atoms with Crippen LogP contribution < -0.4 is 15.2 Å². The number of carbonyl (C=O) groups is 1. The predicted octanol–water partition coefficient (Wildman–Crippen LogP) is 1.96. The van der Waals surface area contributed by atoms with E-state index in [1.165, 1.54) is 10.7 Å². The molecule has 9 nitrogen and oxygen atoms in total. The van der Waals surface area contributed by atoms with E-state index in [1.807, 2.05) is 44.2 Å². The van der Waals surface area contributed by atoms with Crippen molar-refractivity contribution in [2.24, 2.45) is 0 Å². The minimum Gasteiger partial charge on any atom is -0.495 e. The molecule has 1 atom stereocenters. The highest BCUT2D eigenvalue weighted by Gasteiger charge is 2.28. The summed E-state index contributed by atoms with van der Waals surface area (Å²) >= 11 is 0. The van der Waals surface area contributed by atoms with Gasteiger partial charge in [0.1, 0.15) is 11.8 Å². The highest BCUT2D eigenvalue weighted by Crippen LogP contribution is 2.28. The van der Waals surface area contributed by atoms with E-state index in [0.717, 1.165) is 22.8 Å². The van der Waals surface area contributed by atoms with Gasteiger partial charge in [0.15, 0.2) is 5.82 Å². The van der Waals surface area contributed by atoms with Crippen molar-refractivity contribution in [1.82, 2.24) is 24.5 Å². The average Bonchev–Trinajstić information content (AvgIpc) is 3.16. The summed E-state index contributed by atoms with van der Waals surface area (Å²) in [6, 6.07) is 12.2. The number of hydrogen-bond acceptors (Lipinski definition) is 6. The molecular weight excluding hydrogens is 408 g/mol. The summed E-state index contributed by atoms with van der Waals surface area (Å²) in [7, 11) is 1.66. The Kier molecular flexibility index (Phi) is 5.98. The molecule has 1 fully saturated rings. The first kappa shape index (κ1) is 21.6. The second kappa shape index (κ2) is 8.86. The lowest BCUT2D eigenvalue weighted by Gasteiger charge is -2.37. The van der Waals surface area contributed by atoms with E-state index in [1.54, 1.807) is 29.7 Å². The van der Waals surface area contributed by atoms with Crippen LogP contribution in [-0.4, -0.2) is 63.7 Å². The Balaban J connectivity index is 1.49. The van der Waals surface area contributed by atoms with E-state index in [0.29, 0.717) is 32.0 Å². The molecule has 1 aliphatic heterocycles. The fraction of sp³-hybridized carbons (Fsp3) is 0.391. The molecule has 1 saturated heterocycles. The van der Waals surface area contributed by atoms with Crippen molar-refractivity contribution in [3.05, 3.63) is 64.2 Å². The Morgan fingerprint density at radius 1 is 1.03 bits per heavy atom. The molecule has 0 spiro atoms. The molecular formula is C23H28N6O3. The molecule has 168 valence electrons. The second-order valence-corrected chi connectivity index (χ2v) is 7.97. The Morgan fingerprint density at radius 3 is 2.41 bits per heavy atom. The largest absolute Gasteiger partial charge is 0.495 e. The third-order valence-corrected chi connectivity index (χ3v) is 5.78. The van der Waals surface area contributed by atoms with Crippen LogP contribution in [0.5, 0.6) is 5.75 Å². The number of amides is 1. The van der Waals surface area contributed by atoms with Crippen molar-refractivity contribution in [2.75, 3.05) is 38.2 Å². The Labute approximate surface area is 186 Å². The van der Waals surface area contributed by atoms with Crippen molar-refractivity contribution >= 4 is 11.6 Å². The molecule has 1 unspecified atom stereocenters. The van der Waals surface area contributed by atoms with Crippen LogP contribution >= 0.6 is 0 Å². The fourth-order valence-electron chi connectivity index (χ4n) is 4.09. The van der Waals surface area contributed by atoms with Crippen LogP contribution in [0.1, 0.15) is 24.4 Å². The maximum Gasteiger partial charge on any atom is 0.267 e. The number of carbonyl (C=O) groups excluding carboxylic acids is 1. The highest BCUT2D eigenvalue weighted by molar-refractivity contribution is 5.80. The number of nitrogens with zero attached hydrogens (tertiary/aromatic N) is 6. The number of hydrogen-bond donors (Lipinski definition) is 0. The van der Waals surface area contributed by atoms with E-state index < -0.39 is 6.04 Å². The van der Waals surface area contributed by atoms with Gasteiger partial charge in [-0.2, -0.15) is 5.10 Å². The predicted molar refractivity (Wildman–Crippen MR) is 122 cm³/mol. The van der Waals surface area contributed by atoms with E-state index in [-0.39, 0.29) is 11.5 Å². The third kappa shape index (κ3) is 4.10. The molecule has 32 heavy (non-hydrogen) atoms. The van der Waals surface area contributed by atoms with Crippen LogP contribution in [0.25, 0.3) is 5.82 Å². The van der Waals surface area contributed by atoms with E-state index in [4.69, 9.17) is 4.74 Å². The minimum atomic E-state index is -0.711. The molecule has 0 bridgehead atoms. The van der Waals surface area contributed by atoms with Crippen LogP contribution in [0.3, 0.4) is 0 Å². The van der Waals surface area contributed by atoms with Gasteiger partial charge in [-0.3, -0.25) is 9.59 Å². The van der Waals surface area contributed by atoms with E-state index >= 15 is 0 Å². The molecule has 0 saturated carbocycles. The van der Waals surface area contributed by atoms with Crippen LogP contribution in [0.4, 0.5) is 5.69 Å². The zero-order chi connectivity index (χ0) is 22.8. The van der Waals surface area contributed by atoms with Gasteiger partial charge in [-0.1, -0.05) is 12.1 Å². The summed E-state index contributed by atoms with van der Waals surface area (Å²) in [6.07, 6.45) is 0. The molecule has 3 aromatic rings. The lowest BCUT2D eigenvalue weighted by molar-refractivity contribution is -0.135. The molecule has 0 N–H and O–H groups in total. The first-order valence-corrected chi connectivity index (χ1v) is 10.7. The van der Waals surface area contributed by atoms with E-state index in [9.17, 15) is 9.59 Å². The van der Waals surface area contributed by atoms with Crippen LogP contribution in [0.2, 0.25) is 0 Å². The van der Waals surface area contributed by atoms with Crippen molar-refractivity contribution in [3.63, 3.8) is 0 Å². The smallest absolute Gasteiger partial charge is 0.267 e. The van der Waals surface area contributed by atoms with Gasteiger partial charge in [-0.15, -0.1) is 5.10 Å². The lowest BCUT2D eigenvalue weighted by atomic mass is 10.2. The number of anilines is 1. The molecule has 1 aliphatic rings. The van der Waals surface area contributed by atoms with Crippen LogP contribution in [-0.2, 0) is 4.79 Å². The maximum absolute atomic E-state index is 13.2. The van der Waals surface area contributed by atoms with Crippen LogP contribution in [0, 0.1) is 13.8 Å². The number of rotatable bonds is 5. The highest BCUT2D eigenvalue weighted by atomic mass is 16.5. The average molecular weight is 437 g/mol. The van der Waals surface area contributed by atoms with Gasteiger partial charge in [-0.25, -0.2) is 9.36 Å². The molecule has 0 aliphatic carbocycles. The number of benzene rings is 1. The molecule has 9 heteroatoms. The van der Waals surface area contributed by atoms with Crippen molar-refractivity contribution in [3.8, 4) is 11.6 Å².